The van der Waals surface area contributed by atoms with Crippen LogP contribution in [0.15, 0.2) is 83.1 Å². The van der Waals surface area contributed by atoms with Crippen LogP contribution in [0.25, 0.3) is 0 Å². The van der Waals surface area contributed by atoms with Crippen molar-refractivity contribution >= 4 is 43.8 Å². The summed E-state index contributed by atoms with van der Waals surface area (Å²) in [4.78, 5) is 74.9. The fourth-order valence-corrected chi connectivity index (χ4v) is 10.0. The molecule has 16 heteroatoms. The molecule has 0 saturated heterocycles. The van der Waals surface area contributed by atoms with Crippen molar-refractivity contribution in [3.05, 3.63) is 83.1 Å². The fourth-order valence-electron chi connectivity index (χ4n) is 9.44. The summed E-state index contributed by atoms with van der Waals surface area (Å²) in [6.07, 6.45) is 53.3. The van der Waals surface area contributed by atoms with Crippen molar-refractivity contribution in [1.29, 1.82) is 0 Å². The Kier molecular flexibility index (Phi) is 47.1. The van der Waals surface area contributed by atoms with Crippen molar-refractivity contribution in [3.63, 3.8) is 0 Å². The summed E-state index contributed by atoms with van der Waals surface area (Å²) in [5.41, 5.74) is 4.76. The van der Waals surface area contributed by atoms with E-state index >= 15 is 0 Å². The lowest BCUT2D eigenvalue weighted by atomic mass is 9.72. The standard InChI is InChI=1S/C67H111N4O11P/c1-8-10-12-14-16-18-20-22-24-26-28-30-32-34-36-43-65(76)79-54-59(82-66(77)44-37-35-33-31-29-27-25-23-21-19-17-15-13-11-9-2)55-81-83(78)80-49-48-68-62(73)51-70-64(75)53-71-63(74)52-69-61(72)50-57(4)41-38-40-56(3)45-46-60-58(5)42-39-47-67(60,6)7/h22-25,38,40-41,45-46,50,59H,8-21,26-37,39,42-44,47-49,51-55H2,1-7H3,(H3-,68,69,70,71,72,73,74,75)/p+1/b24-22-,25-23-,41-38+,46-45+,56-40+,57-50+. The van der Waals surface area contributed by atoms with E-state index in [0.29, 0.717) is 18.4 Å². The molecule has 4 amide bonds. The van der Waals surface area contributed by atoms with Crippen LogP contribution < -0.4 is 21.3 Å². The van der Waals surface area contributed by atoms with Crippen molar-refractivity contribution in [2.75, 3.05) is 46.0 Å². The number of ether oxygens (including phenoxy) is 2. The second-order valence-electron chi connectivity index (χ2n) is 22.9. The van der Waals surface area contributed by atoms with Crippen molar-refractivity contribution in [3.8, 4) is 0 Å². The van der Waals surface area contributed by atoms with Crippen LogP contribution in [0.3, 0.4) is 0 Å². The van der Waals surface area contributed by atoms with Gasteiger partial charge in [-0.05, 0) is 121 Å². The molecule has 0 aromatic heterocycles. The second-order valence-corrected chi connectivity index (χ2v) is 23.8. The normalized spacial score (nSPS) is 14.4. The van der Waals surface area contributed by atoms with Gasteiger partial charge in [0.15, 0.2) is 6.10 Å². The van der Waals surface area contributed by atoms with Gasteiger partial charge in [0.25, 0.3) is 0 Å². The van der Waals surface area contributed by atoms with Gasteiger partial charge in [0.1, 0.15) is 19.8 Å². The summed E-state index contributed by atoms with van der Waals surface area (Å²) in [6.45, 7) is 13.1. The summed E-state index contributed by atoms with van der Waals surface area (Å²) in [7, 11) is -2.69. The van der Waals surface area contributed by atoms with E-state index in [4.69, 9.17) is 18.5 Å². The van der Waals surface area contributed by atoms with Gasteiger partial charge in [-0.1, -0.05) is 196 Å². The maximum Gasteiger partial charge on any atom is 0.697 e. The number of hydrogen-bond donors (Lipinski definition) is 4. The second kappa shape index (κ2) is 51.4. The molecule has 0 heterocycles. The Morgan fingerprint density at radius 3 is 1.59 bits per heavy atom. The van der Waals surface area contributed by atoms with E-state index in [1.54, 1.807) is 13.0 Å². The molecule has 1 rings (SSSR count). The summed E-state index contributed by atoms with van der Waals surface area (Å²) in [5.74, 6) is -3.11. The highest BCUT2D eigenvalue weighted by Gasteiger charge is 2.28. The van der Waals surface area contributed by atoms with E-state index in [1.165, 1.54) is 107 Å². The Balaban J connectivity index is 2.43. The molecule has 0 saturated carbocycles. The molecule has 4 N–H and O–H groups in total. The summed E-state index contributed by atoms with van der Waals surface area (Å²) >= 11 is 0. The molecule has 2 unspecified atom stereocenters. The lowest BCUT2D eigenvalue weighted by molar-refractivity contribution is -0.161. The third-order valence-corrected chi connectivity index (χ3v) is 15.2. The first-order chi connectivity index (χ1) is 40.1. The highest BCUT2D eigenvalue weighted by atomic mass is 31.1. The predicted molar refractivity (Wildman–Crippen MR) is 337 cm³/mol. The number of nitrogens with one attached hydrogen (secondary N) is 4. The van der Waals surface area contributed by atoms with Gasteiger partial charge in [-0.3, -0.25) is 28.8 Å². The van der Waals surface area contributed by atoms with Gasteiger partial charge in [0.2, 0.25) is 23.6 Å². The number of allylic oxidation sites excluding steroid dienone is 13. The molecule has 0 fully saturated rings. The van der Waals surface area contributed by atoms with Gasteiger partial charge < -0.3 is 30.7 Å². The Morgan fingerprint density at radius 1 is 0.578 bits per heavy atom. The van der Waals surface area contributed by atoms with Crippen LogP contribution in [-0.4, -0.2) is 87.7 Å². The molecule has 2 atom stereocenters. The van der Waals surface area contributed by atoms with E-state index in [2.05, 4.69) is 92.3 Å². The SMILES string of the molecule is CCCCCCCC/C=C\CCCCCCCC(=O)OCC(CO[P+](=O)OCCNC(=O)CNC(=O)CNC(=O)CNC(=O)/C=C(C)/C=C/C=C(C)/C=C/C1=C(C)CCCC1(C)C)OC(=O)CCCCCCC/C=C\CCCCCCCC. The molecule has 15 nitrogen and oxygen atoms in total. The molecule has 0 aliphatic heterocycles. The molecule has 0 aromatic carbocycles. The minimum Gasteiger partial charge on any atom is -0.462 e. The van der Waals surface area contributed by atoms with Gasteiger partial charge in [-0.15, -0.1) is 9.05 Å². The zero-order valence-electron chi connectivity index (χ0n) is 52.7. The van der Waals surface area contributed by atoms with Crippen LogP contribution in [0.4, 0.5) is 0 Å². The van der Waals surface area contributed by atoms with Crippen molar-refractivity contribution < 1.29 is 51.9 Å². The minimum atomic E-state index is -2.69. The molecule has 0 spiro atoms. The van der Waals surface area contributed by atoms with Gasteiger partial charge in [-0.25, -0.2) is 0 Å². The van der Waals surface area contributed by atoms with Gasteiger partial charge in [0, 0.05) is 30.0 Å². The quantitative estimate of drug-likeness (QED) is 0.0113. The third kappa shape index (κ3) is 46.1. The summed E-state index contributed by atoms with van der Waals surface area (Å²) in [5, 5.41) is 9.81. The number of esters is 2. The number of unbranched alkanes of at least 4 members (excludes halogenated alkanes) is 22. The number of amides is 4. The van der Waals surface area contributed by atoms with Crippen molar-refractivity contribution in [1.82, 2.24) is 21.3 Å². The molecule has 1 aliphatic carbocycles. The maximum absolute atomic E-state index is 12.9. The van der Waals surface area contributed by atoms with Crippen LogP contribution >= 0.6 is 8.25 Å². The van der Waals surface area contributed by atoms with E-state index in [-0.39, 0.29) is 51.2 Å². The average Bonchev–Trinajstić information content (AvgIpc) is 3.66. The van der Waals surface area contributed by atoms with Crippen LogP contribution in [0.5, 0.6) is 0 Å². The van der Waals surface area contributed by atoms with Crippen LogP contribution in [0, 0.1) is 5.41 Å². The Bertz CT molecular complexity index is 2070. The Labute approximate surface area is 502 Å². The summed E-state index contributed by atoms with van der Waals surface area (Å²) in [6, 6.07) is 0. The molecular weight excluding hydrogens is 1070 g/mol. The monoisotopic (exact) mass is 1180 g/mol. The van der Waals surface area contributed by atoms with Gasteiger partial charge in [0.05, 0.1) is 19.6 Å². The number of hydrogen-bond acceptors (Lipinski definition) is 11. The highest BCUT2D eigenvalue weighted by Crippen LogP contribution is 2.41. The Hall–Kier alpha value is -4.98. The fraction of sp³-hybridized carbons (Fsp3) is 0.701. The topological polar surface area (TPSA) is 205 Å². The maximum atomic E-state index is 12.9. The van der Waals surface area contributed by atoms with Crippen molar-refractivity contribution in [2.24, 2.45) is 5.41 Å². The first-order valence-corrected chi connectivity index (χ1v) is 33.0. The first-order valence-electron chi connectivity index (χ1n) is 31.9. The highest BCUT2D eigenvalue weighted by molar-refractivity contribution is 7.33. The van der Waals surface area contributed by atoms with Crippen LogP contribution in [-0.2, 0) is 51.9 Å². The third-order valence-electron chi connectivity index (χ3n) is 14.4. The molecule has 0 aromatic rings. The zero-order chi connectivity index (χ0) is 61.0. The molecule has 470 valence electrons. The molecule has 0 radical (unpaired) electrons. The number of rotatable bonds is 51. The average molecular weight is 1180 g/mol. The van der Waals surface area contributed by atoms with Crippen molar-refractivity contribution in [2.45, 2.75) is 254 Å². The lowest BCUT2D eigenvalue weighted by Crippen LogP contribution is -2.44. The van der Waals surface area contributed by atoms with Crippen LogP contribution in [0.1, 0.15) is 248 Å². The minimum absolute atomic E-state index is 0.0633. The molecule has 83 heavy (non-hydrogen) atoms. The molecule has 1 aliphatic rings. The van der Waals surface area contributed by atoms with Crippen LogP contribution in [0.2, 0.25) is 0 Å². The number of carbonyl (C=O) groups excluding carboxylic acids is 6. The largest absolute Gasteiger partial charge is 0.697 e. The Morgan fingerprint density at radius 2 is 1.06 bits per heavy atom. The molecule has 0 bridgehead atoms. The van der Waals surface area contributed by atoms with E-state index in [1.807, 2.05) is 19.1 Å². The lowest BCUT2D eigenvalue weighted by Gasteiger charge is -2.32. The first kappa shape index (κ1) is 76.0. The zero-order valence-corrected chi connectivity index (χ0v) is 53.6. The van der Waals surface area contributed by atoms with E-state index in [9.17, 15) is 33.3 Å². The van der Waals surface area contributed by atoms with Gasteiger partial charge >= 0.3 is 20.2 Å². The van der Waals surface area contributed by atoms with E-state index < -0.39 is 63.0 Å². The van der Waals surface area contributed by atoms with E-state index in [0.717, 1.165) is 89.0 Å². The molecular formula is C67H112N4O11P+. The predicted octanol–water partition coefficient (Wildman–Crippen LogP) is 15.2. The summed E-state index contributed by atoms with van der Waals surface area (Å²) < 4.78 is 34.3. The smallest absolute Gasteiger partial charge is 0.462 e. The van der Waals surface area contributed by atoms with Gasteiger partial charge in [-0.2, -0.15) is 0 Å². The number of carbonyl (C=O) groups is 6.